The van der Waals surface area contributed by atoms with E-state index in [1.54, 1.807) is 10.9 Å². The molecule has 2 aromatic heterocycles. The van der Waals surface area contributed by atoms with Crippen molar-refractivity contribution in [2.45, 2.75) is 0 Å². The highest BCUT2D eigenvalue weighted by Gasteiger charge is 2.06. The first kappa shape index (κ1) is 10.5. The van der Waals surface area contributed by atoms with Crippen LogP contribution in [0.25, 0.3) is 10.9 Å². The van der Waals surface area contributed by atoms with E-state index < -0.39 is 0 Å². The van der Waals surface area contributed by atoms with Gasteiger partial charge in [-0.05, 0) is 12.1 Å². The lowest BCUT2D eigenvalue weighted by Gasteiger charge is -2.07. The first-order chi connectivity index (χ1) is 8.72. The van der Waals surface area contributed by atoms with Gasteiger partial charge >= 0.3 is 0 Å². The van der Waals surface area contributed by atoms with Crippen LogP contribution in [-0.4, -0.2) is 19.7 Å². The maximum absolute atomic E-state index is 5.70. The van der Waals surface area contributed by atoms with Crippen LogP contribution in [0.15, 0.2) is 36.7 Å². The second kappa shape index (κ2) is 3.99. The Balaban J connectivity index is 2.10. The third kappa shape index (κ3) is 1.84. The number of para-hydroxylation sites is 1. The van der Waals surface area contributed by atoms with Gasteiger partial charge in [0.1, 0.15) is 5.82 Å². The van der Waals surface area contributed by atoms with Gasteiger partial charge in [-0.25, -0.2) is 4.98 Å². The number of nitrogens with one attached hydrogen (secondary N) is 1. The predicted molar refractivity (Wildman–Crippen MR) is 70.4 cm³/mol. The van der Waals surface area contributed by atoms with Crippen molar-refractivity contribution in [2.24, 2.45) is 7.05 Å². The highest BCUT2D eigenvalue weighted by Crippen LogP contribution is 2.23. The Hall–Kier alpha value is -2.63. The van der Waals surface area contributed by atoms with Gasteiger partial charge in [0.25, 0.3) is 0 Å². The highest BCUT2D eigenvalue weighted by atomic mass is 15.3. The first-order valence-corrected chi connectivity index (χ1v) is 5.50. The Morgan fingerprint density at radius 1 is 1.22 bits per heavy atom. The molecule has 3 aromatic rings. The summed E-state index contributed by atoms with van der Waals surface area (Å²) in [7, 11) is 1.86. The van der Waals surface area contributed by atoms with Crippen molar-refractivity contribution in [2.75, 3.05) is 11.1 Å². The molecule has 18 heavy (non-hydrogen) atoms. The lowest BCUT2D eigenvalue weighted by molar-refractivity contribution is 0.768. The molecule has 0 saturated carbocycles. The molecule has 0 spiro atoms. The quantitative estimate of drug-likeness (QED) is 0.712. The predicted octanol–water partition coefficient (Wildman–Crippen LogP) is 1.69. The Morgan fingerprint density at radius 3 is 2.83 bits per heavy atom. The maximum atomic E-state index is 5.70. The summed E-state index contributed by atoms with van der Waals surface area (Å²) in [5, 5.41) is 8.22. The summed E-state index contributed by atoms with van der Waals surface area (Å²) in [5.41, 5.74) is 7.38. The van der Waals surface area contributed by atoms with Gasteiger partial charge in [-0.1, -0.05) is 12.1 Å². The van der Waals surface area contributed by atoms with Gasteiger partial charge in [0.2, 0.25) is 5.95 Å². The zero-order chi connectivity index (χ0) is 12.5. The lowest BCUT2D eigenvalue weighted by atomic mass is 10.2. The SMILES string of the molecule is Cn1cc(Nc2nc(N)nc3ccccc23)cn1. The minimum atomic E-state index is 0.250. The van der Waals surface area contributed by atoms with Crippen molar-refractivity contribution in [3.8, 4) is 0 Å². The van der Waals surface area contributed by atoms with E-state index in [2.05, 4.69) is 20.4 Å². The number of hydrogen-bond acceptors (Lipinski definition) is 5. The minimum absolute atomic E-state index is 0.250. The van der Waals surface area contributed by atoms with Crippen molar-refractivity contribution < 1.29 is 0 Å². The number of nitrogen functional groups attached to an aromatic ring is 1. The Bertz CT molecular complexity index is 703. The number of anilines is 3. The van der Waals surface area contributed by atoms with Crippen LogP contribution in [-0.2, 0) is 7.05 Å². The molecule has 0 atom stereocenters. The van der Waals surface area contributed by atoms with Crippen LogP contribution in [0.3, 0.4) is 0 Å². The van der Waals surface area contributed by atoms with Crippen molar-refractivity contribution >= 4 is 28.4 Å². The molecule has 0 unspecified atom stereocenters. The summed E-state index contributed by atoms with van der Waals surface area (Å²) >= 11 is 0. The van der Waals surface area contributed by atoms with E-state index in [-0.39, 0.29) is 5.95 Å². The number of aromatic nitrogens is 4. The molecule has 6 nitrogen and oxygen atoms in total. The van der Waals surface area contributed by atoms with Gasteiger partial charge in [-0.3, -0.25) is 4.68 Å². The standard InChI is InChI=1S/C12H12N6/c1-18-7-8(6-14-18)15-11-9-4-2-3-5-10(9)16-12(13)17-11/h2-7H,1H3,(H3,13,15,16,17). The third-order valence-corrected chi connectivity index (χ3v) is 2.59. The number of rotatable bonds is 2. The van der Waals surface area contributed by atoms with Gasteiger partial charge in [-0.15, -0.1) is 0 Å². The fourth-order valence-electron chi connectivity index (χ4n) is 1.81. The van der Waals surface area contributed by atoms with Crippen LogP contribution in [0.5, 0.6) is 0 Å². The second-order valence-corrected chi connectivity index (χ2v) is 3.98. The van der Waals surface area contributed by atoms with Crippen molar-refractivity contribution in [1.82, 2.24) is 19.7 Å². The van der Waals surface area contributed by atoms with E-state index in [1.165, 1.54) is 0 Å². The van der Waals surface area contributed by atoms with Crippen molar-refractivity contribution in [3.05, 3.63) is 36.7 Å². The Kier molecular flexibility index (Phi) is 2.33. The molecular formula is C12H12N6. The van der Waals surface area contributed by atoms with Crippen LogP contribution in [0, 0.1) is 0 Å². The largest absolute Gasteiger partial charge is 0.368 e. The topological polar surface area (TPSA) is 81.7 Å². The summed E-state index contributed by atoms with van der Waals surface area (Å²) in [6.07, 6.45) is 3.60. The first-order valence-electron chi connectivity index (χ1n) is 5.50. The Labute approximate surface area is 103 Å². The summed E-state index contributed by atoms with van der Waals surface area (Å²) in [5.74, 6) is 0.936. The minimum Gasteiger partial charge on any atom is -0.368 e. The molecule has 1 aromatic carbocycles. The van der Waals surface area contributed by atoms with Crippen molar-refractivity contribution in [1.29, 1.82) is 0 Å². The molecule has 0 aliphatic rings. The van der Waals surface area contributed by atoms with E-state index in [0.29, 0.717) is 5.82 Å². The fourth-order valence-corrected chi connectivity index (χ4v) is 1.81. The number of nitrogens with two attached hydrogens (primary N) is 1. The molecule has 0 fully saturated rings. The maximum Gasteiger partial charge on any atom is 0.222 e. The van der Waals surface area contributed by atoms with Crippen LogP contribution >= 0.6 is 0 Å². The van der Waals surface area contributed by atoms with Gasteiger partial charge in [0, 0.05) is 18.6 Å². The molecule has 0 amide bonds. The second-order valence-electron chi connectivity index (χ2n) is 3.98. The molecule has 90 valence electrons. The van der Waals surface area contributed by atoms with Gasteiger partial charge in [0.15, 0.2) is 0 Å². The summed E-state index contributed by atoms with van der Waals surface area (Å²) in [6.45, 7) is 0. The molecule has 0 radical (unpaired) electrons. The van der Waals surface area contributed by atoms with E-state index in [4.69, 9.17) is 5.73 Å². The van der Waals surface area contributed by atoms with Gasteiger partial charge < -0.3 is 11.1 Å². The highest BCUT2D eigenvalue weighted by molar-refractivity contribution is 5.91. The van der Waals surface area contributed by atoms with Crippen LogP contribution < -0.4 is 11.1 Å². The monoisotopic (exact) mass is 240 g/mol. The summed E-state index contributed by atoms with van der Waals surface area (Å²) in [4.78, 5) is 8.41. The molecule has 0 saturated heterocycles. The molecular weight excluding hydrogens is 228 g/mol. The van der Waals surface area contributed by atoms with E-state index in [0.717, 1.165) is 16.6 Å². The number of fused-ring (bicyclic) bond motifs is 1. The van der Waals surface area contributed by atoms with Gasteiger partial charge in [-0.2, -0.15) is 10.1 Å². The smallest absolute Gasteiger partial charge is 0.222 e. The average Bonchev–Trinajstić information content (AvgIpc) is 2.74. The molecule has 0 aliphatic carbocycles. The average molecular weight is 240 g/mol. The van der Waals surface area contributed by atoms with Crippen LogP contribution in [0.2, 0.25) is 0 Å². The lowest BCUT2D eigenvalue weighted by Crippen LogP contribution is -2.00. The van der Waals surface area contributed by atoms with Crippen molar-refractivity contribution in [3.63, 3.8) is 0 Å². The van der Waals surface area contributed by atoms with E-state index in [9.17, 15) is 0 Å². The Morgan fingerprint density at radius 2 is 2.06 bits per heavy atom. The number of nitrogens with zero attached hydrogens (tertiary/aromatic N) is 4. The number of benzene rings is 1. The fraction of sp³-hybridized carbons (Fsp3) is 0.0833. The van der Waals surface area contributed by atoms with Crippen LogP contribution in [0.4, 0.5) is 17.5 Å². The van der Waals surface area contributed by atoms with Gasteiger partial charge in [0.05, 0.1) is 17.4 Å². The number of aryl methyl sites for hydroxylation is 1. The third-order valence-electron chi connectivity index (χ3n) is 2.59. The van der Waals surface area contributed by atoms with Crippen LogP contribution in [0.1, 0.15) is 0 Å². The zero-order valence-electron chi connectivity index (χ0n) is 9.83. The number of hydrogen-bond donors (Lipinski definition) is 2. The van der Waals surface area contributed by atoms with E-state index >= 15 is 0 Å². The van der Waals surface area contributed by atoms with E-state index in [1.807, 2.05) is 37.5 Å². The molecule has 3 rings (SSSR count). The summed E-state index contributed by atoms with van der Waals surface area (Å²) in [6, 6.07) is 7.72. The zero-order valence-corrected chi connectivity index (χ0v) is 9.83. The summed E-state index contributed by atoms with van der Waals surface area (Å²) < 4.78 is 1.72. The normalized spacial score (nSPS) is 10.7. The molecule has 6 heteroatoms. The molecule has 0 bridgehead atoms. The molecule has 3 N–H and O–H groups in total. The molecule has 2 heterocycles. The molecule has 0 aliphatic heterocycles.